The summed E-state index contributed by atoms with van der Waals surface area (Å²) in [5, 5.41) is 0. The van der Waals surface area contributed by atoms with Gasteiger partial charge in [0.15, 0.2) is 0 Å². The van der Waals surface area contributed by atoms with Crippen LogP contribution in [0.3, 0.4) is 0 Å². The molecule has 0 spiro atoms. The third-order valence-electron chi connectivity index (χ3n) is 0.328. The Balaban J connectivity index is 0. The molecule has 0 atom stereocenters. The Morgan fingerprint density at radius 2 is 2.00 bits per heavy atom. The minimum absolute atomic E-state index is 0. The van der Waals surface area contributed by atoms with E-state index in [-0.39, 0.29) is 10.5 Å². The fourth-order valence-corrected chi connectivity index (χ4v) is 0.447. The molecule has 50 valence electrons. The average molecular weight is 142 g/mol. The zero-order valence-electron chi connectivity index (χ0n) is 4.07. The van der Waals surface area contributed by atoms with Crippen LogP contribution in [0.25, 0.3) is 0 Å². The lowest BCUT2D eigenvalue weighted by atomic mass is 10.8. The summed E-state index contributed by atoms with van der Waals surface area (Å²) in [6, 6.07) is 0. The number of hydrogen-bond acceptors (Lipinski definition) is 2. The van der Waals surface area contributed by atoms with Crippen molar-refractivity contribution in [2.45, 2.75) is 0 Å². The van der Waals surface area contributed by atoms with Crippen LogP contribution in [0.4, 0.5) is 4.70 Å². The van der Waals surface area contributed by atoms with E-state index in [0.29, 0.717) is 0 Å². The predicted octanol–water partition coefficient (Wildman–Crippen LogP) is 0.213. The second-order valence-electron chi connectivity index (χ2n) is 1.04. The number of rotatable bonds is 2. The van der Waals surface area contributed by atoms with Crippen LogP contribution < -0.4 is 0 Å². The summed E-state index contributed by atoms with van der Waals surface area (Å²) in [5.74, 6) is -0.368. The van der Waals surface area contributed by atoms with Crippen molar-refractivity contribution in [1.82, 2.24) is 0 Å². The van der Waals surface area contributed by atoms with Crippen LogP contribution in [-0.2, 0) is 10.1 Å². The molecule has 0 unspecified atom stereocenters. The maximum Gasteiger partial charge on any atom is 0.268 e. The van der Waals surface area contributed by atoms with Crippen LogP contribution in [0.15, 0.2) is 12.7 Å². The Morgan fingerprint density at radius 3 is 2.00 bits per heavy atom. The first-order valence-electron chi connectivity index (χ1n) is 1.62. The summed E-state index contributed by atoms with van der Waals surface area (Å²) >= 11 is 0. The van der Waals surface area contributed by atoms with Crippen molar-refractivity contribution in [2.24, 2.45) is 0 Å². The van der Waals surface area contributed by atoms with Gasteiger partial charge in [-0.2, -0.15) is 8.42 Å². The van der Waals surface area contributed by atoms with Crippen LogP contribution in [0, 0.1) is 0 Å². The van der Waals surface area contributed by atoms with Crippen molar-refractivity contribution in [3.63, 3.8) is 0 Å². The first-order valence-corrected chi connectivity index (χ1v) is 3.23. The molecule has 0 heterocycles. The average Bonchev–Trinajstić information content (AvgIpc) is 1.30. The van der Waals surface area contributed by atoms with Gasteiger partial charge in [0.05, 0.1) is 5.75 Å². The van der Waals surface area contributed by atoms with Gasteiger partial charge >= 0.3 is 0 Å². The summed E-state index contributed by atoms with van der Waals surface area (Å²) in [6.07, 6.45) is 1.12. The smallest absolute Gasteiger partial charge is 0.268 e. The lowest BCUT2D eigenvalue weighted by Gasteiger charge is -1.82. The lowest BCUT2D eigenvalue weighted by molar-refractivity contribution is 0.487. The maximum absolute atomic E-state index is 9.72. The Morgan fingerprint density at radius 1 is 1.62 bits per heavy atom. The van der Waals surface area contributed by atoms with Gasteiger partial charge in [0, 0.05) is 0 Å². The van der Waals surface area contributed by atoms with Crippen LogP contribution >= 0.6 is 0 Å². The summed E-state index contributed by atoms with van der Waals surface area (Å²) in [7, 11) is -3.79. The van der Waals surface area contributed by atoms with E-state index in [1.54, 1.807) is 0 Å². The van der Waals surface area contributed by atoms with Crippen molar-refractivity contribution in [2.75, 3.05) is 5.75 Å². The fourth-order valence-electron chi connectivity index (χ4n) is 0.149. The van der Waals surface area contributed by atoms with Gasteiger partial charge in [-0.25, -0.2) is 0 Å². The fraction of sp³-hybridized carbons (Fsp3) is 0.333. The highest BCUT2D eigenvalue weighted by Crippen LogP contribution is 1.78. The van der Waals surface area contributed by atoms with Gasteiger partial charge in [0.25, 0.3) is 10.1 Å². The monoisotopic (exact) mass is 142 g/mol. The SMILES string of the molecule is C=CCS(=O)(=O)O.F. The zero-order chi connectivity index (χ0) is 5.91. The van der Waals surface area contributed by atoms with E-state index >= 15 is 0 Å². The van der Waals surface area contributed by atoms with Crippen molar-refractivity contribution < 1.29 is 17.7 Å². The van der Waals surface area contributed by atoms with E-state index in [1.807, 2.05) is 0 Å². The van der Waals surface area contributed by atoms with Crippen molar-refractivity contribution in [3.8, 4) is 0 Å². The number of hydrogen-bond donors (Lipinski definition) is 1. The molecular formula is C3H7FO3S. The summed E-state index contributed by atoms with van der Waals surface area (Å²) < 4.78 is 27.3. The Labute approximate surface area is 47.1 Å². The quantitative estimate of drug-likeness (QED) is 0.443. The molecule has 0 aliphatic heterocycles. The first kappa shape index (κ1) is 10.5. The minimum atomic E-state index is -3.79. The maximum atomic E-state index is 9.72. The molecule has 0 aromatic heterocycles. The topological polar surface area (TPSA) is 54.4 Å². The molecule has 0 amide bonds. The third-order valence-corrected chi connectivity index (χ3v) is 0.985. The van der Waals surface area contributed by atoms with Gasteiger partial charge in [-0.15, -0.1) is 6.58 Å². The highest BCUT2D eigenvalue weighted by molar-refractivity contribution is 7.85. The third kappa shape index (κ3) is 9.13. The van der Waals surface area contributed by atoms with Gasteiger partial charge in [-0.1, -0.05) is 6.08 Å². The molecule has 0 aromatic carbocycles. The molecule has 0 fully saturated rings. The molecule has 0 aliphatic carbocycles. The molecule has 0 saturated heterocycles. The second-order valence-corrected chi connectivity index (χ2v) is 2.53. The van der Waals surface area contributed by atoms with Gasteiger partial charge in [-0.3, -0.25) is 9.26 Å². The first-order chi connectivity index (χ1) is 3.06. The Kier molecular flexibility index (Phi) is 4.70. The lowest BCUT2D eigenvalue weighted by Crippen LogP contribution is -1.99. The zero-order valence-corrected chi connectivity index (χ0v) is 4.89. The highest BCUT2D eigenvalue weighted by atomic mass is 32.2. The second kappa shape index (κ2) is 3.57. The molecule has 0 radical (unpaired) electrons. The van der Waals surface area contributed by atoms with E-state index in [9.17, 15) is 8.42 Å². The molecular weight excluding hydrogens is 135 g/mol. The molecule has 0 saturated carbocycles. The summed E-state index contributed by atoms with van der Waals surface area (Å²) in [4.78, 5) is 0. The molecule has 8 heavy (non-hydrogen) atoms. The predicted molar refractivity (Wildman–Crippen MR) is 29.1 cm³/mol. The normalized spacial score (nSPS) is 9.62. The molecule has 3 nitrogen and oxygen atoms in total. The molecule has 0 rings (SSSR count). The standard InChI is InChI=1S/C3H6O3S.FH/c1-2-3-7(4,5)6;/h2H,1,3H2,(H,4,5,6);1H. The highest BCUT2D eigenvalue weighted by Gasteiger charge is 1.95. The van der Waals surface area contributed by atoms with Crippen molar-refractivity contribution >= 4 is 10.1 Å². The molecule has 1 N–H and O–H groups in total. The Bertz CT molecular complexity index is 148. The van der Waals surface area contributed by atoms with Gasteiger partial charge in [-0.05, 0) is 0 Å². The minimum Gasteiger partial charge on any atom is -0.285 e. The van der Waals surface area contributed by atoms with Gasteiger partial charge < -0.3 is 0 Å². The van der Waals surface area contributed by atoms with Crippen LogP contribution in [0.5, 0.6) is 0 Å². The van der Waals surface area contributed by atoms with E-state index in [1.165, 1.54) is 0 Å². The van der Waals surface area contributed by atoms with Crippen LogP contribution in [0.1, 0.15) is 0 Å². The van der Waals surface area contributed by atoms with Gasteiger partial charge in [0.2, 0.25) is 0 Å². The van der Waals surface area contributed by atoms with Crippen molar-refractivity contribution in [1.29, 1.82) is 0 Å². The van der Waals surface area contributed by atoms with E-state index in [2.05, 4.69) is 6.58 Å². The van der Waals surface area contributed by atoms with E-state index in [4.69, 9.17) is 4.55 Å². The summed E-state index contributed by atoms with van der Waals surface area (Å²) in [5.41, 5.74) is 0. The summed E-state index contributed by atoms with van der Waals surface area (Å²) in [6.45, 7) is 3.11. The van der Waals surface area contributed by atoms with Crippen molar-refractivity contribution in [3.05, 3.63) is 12.7 Å². The molecule has 0 aromatic rings. The van der Waals surface area contributed by atoms with Crippen LogP contribution in [-0.4, -0.2) is 18.7 Å². The van der Waals surface area contributed by atoms with Gasteiger partial charge in [0.1, 0.15) is 0 Å². The molecule has 0 bridgehead atoms. The number of halogens is 1. The van der Waals surface area contributed by atoms with Crippen LogP contribution in [0.2, 0.25) is 0 Å². The van der Waals surface area contributed by atoms with E-state index < -0.39 is 10.1 Å². The van der Waals surface area contributed by atoms with E-state index in [0.717, 1.165) is 6.08 Å². The Hall–Kier alpha value is -0.420. The molecule has 0 aliphatic rings. The molecule has 5 heteroatoms. The largest absolute Gasteiger partial charge is 0.285 e.